The molecule has 0 atom stereocenters. The minimum Gasteiger partial charge on any atom is -0.395 e. The molecule has 0 amide bonds. The molecule has 1 aliphatic carbocycles. The molecule has 0 saturated heterocycles. The minimum absolute atomic E-state index is 0.0249. The number of aromatic nitrogens is 1. The van der Waals surface area contributed by atoms with Crippen LogP contribution >= 0.6 is 0 Å². The zero-order valence-corrected chi connectivity index (χ0v) is 9.59. The van der Waals surface area contributed by atoms with E-state index < -0.39 is 0 Å². The Morgan fingerprint density at radius 3 is 1.83 bits per heavy atom. The highest BCUT2D eigenvalue weighted by Crippen LogP contribution is 2.27. The normalized spacial score (nSPS) is 13.4. The lowest BCUT2D eigenvalue weighted by Gasteiger charge is -2.12. The summed E-state index contributed by atoms with van der Waals surface area (Å²) in [6.07, 6.45) is 3.25. The molecule has 0 aliphatic heterocycles. The van der Waals surface area contributed by atoms with E-state index in [2.05, 4.69) is 0 Å². The van der Waals surface area contributed by atoms with Crippen molar-refractivity contribution in [2.75, 3.05) is 6.61 Å². The van der Waals surface area contributed by atoms with Gasteiger partial charge in [0.1, 0.15) is 0 Å². The highest BCUT2D eigenvalue weighted by Gasteiger charge is 2.30. The Morgan fingerprint density at radius 2 is 1.39 bits per heavy atom. The molecule has 18 heavy (non-hydrogen) atoms. The van der Waals surface area contributed by atoms with Gasteiger partial charge in [-0.2, -0.15) is 0 Å². The van der Waals surface area contributed by atoms with Crippen LogP contribution in [0.5, 0.6) is 0 Å². The predicted molar refractivity (Wildman–Crippen MR) is 64.8 cm³/mol. The first-order valence-corrected chi connectivity index (χ1v) is 5.71. The van der Waals surface area contributed by atoms with E-state index in [9.17, 15) is 9.59 Å². The SMILES string of the molecule is O=C1c2ccccc2C(=O)c2cn(CCO)cc21. The number of carbonyl (C=O) groups is 2. The predicted octanol–water partition coefficient (Wildman–Crippen LogP) is 1.26. The summed E-state index contributed by atoms with van der Waals surface area (Å²) in [6, 6.07) is 6.84. The number of carbonyl (C=O) groups excluding carboxylic acids is 2. The van der Waals surface area contributed by atoms with Crippen LogP contribution in [0.4, 0.5) is 0 Å². The summed E-state index contributed by atoms with van der Waals surface area (Å²) < 4.78 is 1.67. The molecule has 1 aromatic heterocycles. The summed E-state index contributed by atoms with van der Waals surface area (Å²) in [6.45, 7) is 0.354. The van der Waals surface area contributed by atoms with E-state index in [-0.39, 0.29) is 18.2 Å². The lowest BCUT2D eigenvalue weighted by molar-refractivity contribution is 0.0980. The topological polar surface area (TPSA) is 59.3 Å². The van der Waals surface area contributed by atoms with E-state index in [0.29, 0.717) is 28.8 Å². The van der Waals surface area contributed by atoms with Gasteiger partial charge in [-0.05, 0) is 0 Å². The number of ketones is 2. The van der Waals surface area contributed by atoms with Gasteiger partial charge in [0.2, 0.25) is 0 Å². The number of fused-ring (bicyclic) bond motifs is 2. The van der Waals surface area contributed by atoms with Gasteiger partial charge in [-0.3, -0.25) is 9.59 Å². The quantitative estimate of drug-likeness (QED) is 0.734. The van der Waals surface area contributed by atoms with Crippen LogP contribution in [0, 0.1) is 0 Å². The third-order valence-electron chi connectivity index (χ3n) is 3.14. The summed E-state index contributed by atoms with van der Waals surface area (Å²) >= 11 is 0. The molecule has 0 radical (unpaired) electrons. The van der Waals surface area contributed by atoms with Gasteiger partial charge in [-0.25, -0.2) is 0 Å². The molecule has 0 fully saturated rings. The van der Waals surface area contributed by atoms with Crippen molar-refractivity contribution < 1.29 is 14.7 Å². The van der Waals surface area contributed by atoms with Gasteiger partial charge < -0.3 is 9.67 Å². The molecule has 1 aromatic carbocycles. The highest BCUT2D eigenvalue weighted by molar-refractivity contribution is 6.28. The average molecular weight is 241 g/mol. The number of aliphatic hydroxyl groups is 1. The molecule has 0 spiro atoms. The molecule has 3 rings (SSSR count). The van der Waals surface area contributed by atoms with Crippen molar-refractivity contribution in [1.82, 2.24) is 4.57 Å². The fourth-order valence-electron chi connectivity index (χ4n) is 2.28. The maximum atomic E-state index is 12.2. The molecule has 0 bridgehead atoms. The first-order chi connectivity index (χ1) is 8.72. The maximum absolute atomic E-state index is 12.2. The van der Waals surface area contributed by atoms with Gasteiger partial charge in [0.25, 0.3) is 0 Å². The van der Waals surface area contributed by atoms with Crippen LogP contribution in [-0.4, -0.2) is 27.8 Å². The first-order valence-electron chi connectivity index (χ1n) is 5.71. The van der Waals surface area contributed by atoms with E-state index in [1.54, 1.807) is 41.2 Å². The number of hydrogen-bond donors (Lipinski definition) is 1. The third kappa shape index (κ3) is 1.43. The summed E-state index contributed by atoms with van der Waals surface area (Å²) in [7, 11) is 0. The Bertz CT molecular complexity index is 602. The van der Waals surface area contributed by atoms with Crippen molar-refractivity contribution in [2.24, 2.45) is 0 Å². The van der Waals surface area contributed by atoms with Crippen molar-refractivity contribution in [3.63, 3.8) is 0 Å². The van der Waals surface area contributed by atoms with Crippen LogP contribution < -0.4 is 0 Å². The Labute approximate surface area is 103 Å². The Hall–Kier alpha value is -2.20. The second-order valence-electron chi connectivity index (χ2n) is 4.25. The van der Waals surface area contributed by atoms with Gasteiger partial charge in [0.05, 0.1) is 17.7 Å². The number of benzene rings is 1. The van der Waals surface area contributed by atoms with Crippen LogP contribution in [0.2, 0.25) is 0 Å². The van der Waals surface area contributed by atoms with Crippen LogP contribution in [0.3, 0.4) is 0 Å². The van der Waals surface area contributed by atoms with Crippen molar-refractivity contribution in [2.45, 2.75) is 6.54 Å². The van der Waals surface area contributed by atoms with E-state index in [0.717, 1.165) is 0 Å². The second-order valence-corrected chi connectivity index (χ2v) is 4.25. The highest BCUT2D eigenvalue weighted by atomic mass is 16.3. The second kappa shape index (κ2) is 3.92. The standard InChI is InChI=1S/C14H11NO3/c16-6-5-15-7-11-12(8-15)14(18)10-4-2-1-3-9(10)13(11)17/h1-4,7-8,16H,5-6H2. The molecule has 4 nitrogen and oxygen atoms in total. The Kier molecular flexibility index (Phi) is 2.38. The van der Waals surface area contributed by atoms with Crippen LogP contribution in [0.25, 0.3) is 0 Å². The average Bonchev–Trinajstić information content (AvgIpc) is 2.81. The molecule has 4 heteroatoms. The first kappa shape index (κ1) is 10.9. The third-order valence-corrected chi connectivity index (χ3v) is 3.14. The van der Waals surface area contributed by atoms with E-state index >= 15 is 0 Å². The Balaban J connectivity index is 2.18. The van der Waals surface area contributed by atoms with E-state index in [1.165, 1.54) is 0 Å². The van der Waals surface area contributed by atoms with E-state index in [4.69, 9.17) is 5.11 Å². The van der Waals surface area contributed by atoms with Gasteiger partial charge in [-0.15, -0.1) is 0 Å². The van der Waals surface area contributed by atoms with E-state index in [1.807, 2.05) is 0 Å². The zero-order valence-electron chi connectivity index (χ0n) is 9.59. The van der Waals surface area contributed by atoms with Crippen LogP contribution in [-0.2, 0) is 6.54 Å². The molecule has 1 N–H and O–H groups in total. The molecule has 2 aromatic rings. The maximum Gasteiger partial charge on any atom is 0.196 e. The number of hydrogen-bond acceptors (Lipinski definition) is 3. The lowest BCUT2D eigenvalue weighted by atomic mass is 9.87. The van der Waals surface area contributed by atoms with Crippen molar-refractivity contribution in [1.29, 1.82) is 0 Å². The molecule has 0 unspecified atom stereocenters. The monoisotopic (exact) mass is 241 g/mol. The van der Waals surface area contributed by atoms with Crippen molar-refractivity contribution >= 4 is 11.6 Å². The molecule has 90 valence electrons. The number of rotatable bonds is 2. The minimum atomic E-state index is -0.128. The van der Waals surface area contributed by atoms with Crippen LogP contribution in [0.15, 0.2) is 36.7 Å². The summed E-state index contributed by atoms with van der Waals surface area (Å²) in [4.78, 5) is 24.5. The summed E-state index contributed by atoms with van der Waals surface area (Å²) in [5, 5.41) is 8.90. The van der Waals surface area contributed by atoms with Gasteiger partial charge in [0.15, 0.2) is 11.6 Å². The Morgan fingerprint density at radius 1 is 0.889 bits per heavy atom. The lowest BCUT2D eigenvalue weighted by Crippen LogP contribution is -2.18. The molecular weight excluding hydrogens is 230 g/mol. The van der Waals surface area contributed by atoms with Crippen molar-refractivity contribution in [3.05, 3.63) is 58.9 Å². The fourth-order valence-corrected chi connectivity index (χ4v) is 2.28. The molecule has 1 heterocycles. The molecule has 1 aliphatic rings. The van der Waals surface area contributed by atoms with Crippen LogP contribution in [0.1, 0.15) is 31.8 Å². The molecular formula is C14H11NO3. The summed E-state index contributed by atoms with van der Waals surface area (Å²) in [5.41, 5.74) is 1.76. The fraction of sp³-hybridized carbons (Fsp3) is 0.143. The van der Waals surface area contributed by atoms with Crippen molar-refractivity contribution in [3.8, 4) is 0 Å². The smallest absolute Gasteiger partial charge is 0.196 e. The largest absolute Gasteiger partial charge is 0.395 e. The zero-order chi connectivity index (χ0) is 12.7. The number of aliphatic hydroxyl groups excluding tert-OH is 1. The van der Waals surface area contributed by atoms with Gasteiger partial charge in [-0.1, -0.05) is 24.3 Å². The van der Waals surface area contributed by atoms with Gasteiger partial charge >= 0.3 is 0 Å². The van der Waals surface area contributed by atoms with Gasteiger partial charge in [0, 0.05) is 30.1 Å². The number of nitrogens with zero attached hydrogens (tertiary/aromatic N) is 1. The molecule has 0 saturated carbocycles. The summed E-state index contributed by atoms with van der Waals surface area (Å²) in [5.74, 6) is -0.256.